The third-order valence-electron chi connectivity index (χ3n) is 4.52. The minimum absolute atomic E-state index is 0.789. The normalized spacial score (nSPS) is 19.7. The van der Waals surface area contributed by atoms with Gasteiger partial charge >= 0.3 is 0 Å². The Morgan fingerprint density at radius 1 is 1.19 bits per heavy atom. The molecule has 0 aliphatic carbocycles. The monoisotopic (exact) mass is 289 g/mol. The fourth-order valence-corrected chi connectivity index (χ4v) is 3.04. The number of piperidine rings is 1. The van der Waals surface area contributed by atoms with E-state index in [0.29, 0.717) is 0 Å². The predicted molar refractivity (Wildman–Crippen MR) is 92.0 cm³/mol. The van der Waals surface area contributed by atoms with Gasteiger partial charge in [-0.1, -0.05) is 18.6 Å². The molecule has 0 saturated carbocycles. The zero-order valence-corrected chi connectivity index (χ0v) is 13.9. The van der Waals surface area contributed by atoms with Crippen LogP contribution in [0.4, 0.5) is 5.69 Å². The van der Waals surface area contributed by atoms with Crippen LogP contribution in [0.5, 0.6) is 0 Å². The van der Waals surface area contributed by atoms with Crippen LogP contribution in [0.3, 0.4) is 0 Å². The first-order valence-corrected chi connectivity index (χ1v) is 8.38. The molecule has 0 amide bonds. The van der Waals surface area contributed by atoms with Gasteiger partial charge in [-0.25, -0.2) is 0 Å². The number of hydrogen-bond acceptors (Lipinski definition) is 3. The SMILES string of the molecule is CC1CCCCN1CCCNCc1ccc(N(C)C)cc1. The Morgan fingerprint density at radius 3 is 2.62 bits per heavy atom. The fraction of sp³-hybridized carbons (Fsp3) is 0.667. The molecule has 0 bridgehead atoms. The number of hydrogen-bond donors (Lipinski definition) is 1. The molecule has 1 aliphatic rings. The van der Waals surface area contributed by atoms with Crippen LogP contribution in [0.25, 0.3) is 0 Å². The fourth-order valence-electron chi connectivity index (χ4n) is 3.04. The van der Waals surface area contributed by atoms with Crippen LogP contribution in [0.15, 0.2) is 24.3 Å². The van der Waals surface area contributed by atoms with E-state index in [1.165, 1.54) is 50.0 Å². The van der Waals surface area contributed by atoms with Gasteiger partial charge in [0.15, 0.2) is 0 Å². The summed E-state index contributed by atoms with van der Waals surface area (Å²) in [6.07, 6.45) is 5.43. The molecule has 0 aromatic heterocycles. The van der Waals surface area contributed by atoms with Gasteiger partial charge in [0.2, 0.25) is 0 Å². The van der Waals surface area contributed by atoms with Crippen molar-refractivity contribution < 1.29 is 0 Å². The summed E-state index contributed by atoms with van der Waals surface area (Å²) < 4.78 is 0. The molecule has 0 radical (unpaired) electrons. The number of rotatable bonds is 7. The highest BCUT2D eigenvalue weighted by Gasteiger charge is 2.16. The van der Waals surface area contributed by atoms with Crippen molar-refractivity contribution in [2.45, 2.75) is 45.2 Å². The maximum atomic E-state index is 3.56. The number of anilines is 1. The smallest absolute Gasteiger partial charge is 0.0361 e. The summed E-state index contributed by atoms with van der Waals surface area (Å²) >= 11 is 0. The van der Waals surface area contributed by atoms with Crippen molar-refractivity contribution in [3.8, 4) is 0 Å². The van der Waals surface area contributed by atoms with E-state index in [4.69, 9.17) is 0 Å². The highest BCUT2D eigenvalue weighted by Crippen LogP contribution is 2.16. The van der Waals surface area contributed by atoms with Crippen LogP contribution in [-0.4, -0.2) is 44.7 Å². The van der Waals surface area contributed by atoms with Gasteiger partial charge in [-0.2, -0.15) is 0 Å². The summed E-state index contributed by atoms with van der Waals surface area (Å²) in [4.78, 5) is 4.79. The lowest BCUT2D eigenvalue weighted by Crippen LogP contribution is -2.38. The zero-order chi connectivity index (χ0) is 15.1. The maximum absolute atomic E-state index is 3.56. The van der Waals surface area contributed by atoms with Gasteiger partial charge in [-0.15, -0.1) is 0 Å². The molecular weight excluding hydrogens is 258 g/mol. The van der Waals surface area contributed by atoms with Gasteiger partial charge in [0.25, 0.3) is 0 Å². The average Bonchev–Trinajstić information content (AvgIpc) is 2.49. The van der Waals surface area contributed by atoms with Crippen LogP contribution in [0.2, 0.25) is 0 Å². The van der Waals surface area contributed by atoms with E-state index in [9.17, 15) is 0 Å². The molecule has 1 N–H and O–H groups in total. The Kier molecular flexibility index (Phi) is 6.52. The lowest BCUT2D eigenvalue weighted by molar-refractivity contribution is 0.159. The second kappa shape index (κ2) is 8.40. The molecule has 3 nitrogen and oxygen atoms in total. The third-order valence-corrected chi connectivity index (χ3v) is 4.52. The van der Waals surface area contributed by atoms with Crippen molar-refractivity contribution in [2.75, 3.05) is 38.6 Å². The van der Waals surface area contributed by atoms with E-state index in [2.05, 4.69) is 60.4 Å². The average molecular weight is 289 g/mol. The van der Waals surface area contributed by atoms with Crippen molar-refractivity contribution >= 4 is 5.69 Å². The van der Waals surface area contributed by atoms with Crippen LogP contribution in [-0.2, 0) is 6.54 Å². The first kappa shape index (κ1) is 16.3. The Balaban J connectivity index is 1.61. The molecule has 21 heavy (non-hydrogen) atoms. The molecule has 1 fully saturated rings. The van der Waals surface area contributed by atoms with Gasteiger partial charge in [0.05, 0.1) is 0 Å². The predicted octanol–water partition coefficient (Wildman–Crippen LogP) is 3.11. The van der Waals surface area contributed by atoms with Gasteiger partial charge in [-0.05, 0) is 63.5 Å². The van der Waals surface area contributed by atoms with Gasteiger partial charge in [-0.3, -0.25) is 0 Å². The Morgan fingerprint density at radius 2 is 1.95 bits per heavy atom. The maximum Gasteiger partial charge on any atom is 0.0361 e. The number of nitrogens with one attached hydrogen (secondary N) is 1. The van der Waals surface area contributed by atoms with E-state index in [0.717, 1.165) is 19.1 Å². The van der Waals surface area contributed by atoms with E-state index in [1.807, 2.05) is 0 Å². The molecule has 1 aliphatic heterocycles. The lowest BCUT2D eigenvalue weighted by Gasteiger charge is -2.33. The number of nitrogens with zero attached hydrogens (tertiary/aromatic N) is 2. The Bertz CT molecular complexity index is 399. The standard InChI is InChI=1S/C18H31N3/c1-16-7-4-5-13-21(16)14-6-12-19-15-17-8-10-18(11-9-17)20(2)3/h8-11,16,19H,4-7,12-15H2,1-3H3. The summed E-state index contributed by atoms with van der Waals surface area (Å²) in [5.74, 6) is 0. The molecule has 2 rings (SSSR count). The third kappa shape index (κ3) is 5.33. The van der Waals surface area contributed by atoms with Crippen molar-refractivity contribution in [1.82, 2.24) is 10.2 Å². The number of benzene rings is 1. The quantitative estimate of drug-likeness (QED) is 0.778. The second-order valence-corrected chi connectivity index (χ2v) is 6.47. The van der Waals surface area contributed by atoms with E-state index in [-0.39, 0.29) is 0 Å². The van der Waals surface area contributed by atoms with Crippen LogP contribution >= 0.6 is 0 Å². The topological polar surface area (TPSA) is 18.5 Å². The van der Waals surface area contributed by atoms with Crippen molar-refractivity contribution in [2.24, 2.45) is 0 Å². The molecule has 0 spiro atoms. The summed E-state index contributed by atoms with van der Waals surface area (Å²) in [5.41, 5.74) is 2.63. The largest absolute Gasteiger partial charge is 0.378 e. The first-order chi connectivity index (χ1) is 10.2. The van der Waals surface area contributed by atoms with Crippen LogP contribution in [0, 0.1) is 0 Å². The van der Waals surface area contributed by atoms with Gasteiger partial charge < -0.3 is 15.1 Å². The van der Waals surface area contributed by atoms with Crippen molar-refractivity contribution in [3.63, 3.8) is 0 Å². The van der Waals surface area contributed by atoms with Gasteiger partial charge in [0, 0.05) is 32.4 Å². The molecule has 3 heteroatoms. The summed E-state index contributed by atoms with van der Waals surface area (Å²) in [7, 11) is 4.16. The summed E-state index contributed by atoms with van der Waals surface area (Å²) in [6, 6.07) is 9.60. The van der Waals surface area contributed by atoms with Crippen LogP contribution < -0.4 is 10.2 Å². The highest BCUT2D eigenvalue weighted by molar-refractivity contribution is 5.45. The molecule has 118 valence electrons. The van der Waals surface area contributed by atoms with Crippen molar-refractivity contribution in [1.29, 1.82) is 0 Å². The lowest BCUT2D eigenvalue weighted by atomic mass is 10.0. The van der Waals surface area contributed by atoms with Gasteiger partial charge in [0.1, 0.15) is 0 Å². The molecule has 1 aromatic rings. The van der Waals surface area contributed by atoms with E-state index < -0.39 is 0 Å². The molecular formula is C18H31N3. The second-order valence-electron chi connectivity index (χ2n) is 6.47. The highest BCUT2D eigenvalue weighted by atomic mass is 15.2. The Hall–Kier alpha value is -1.06. The molecule has 1 atom stereocenters. The summed E-state index contributed by atoms with van der Waals surface area (Å²) in [6.45, 7) is 7.00. The Labute approximate surface area is 130 Å². The van der Waals surface area contributed by atoms with E-state index in [1.54, 1.807) is 0 Å². The summed E-state index contributed by atoms with van der Waals surface area (Å²) in [5, 5.41) is 3.56. The first-order valence-electron chi connectivity index (χ1n) is 8.38. The minimum Gasteiger partial charge on any atom is -0.378 e. The van der Waals surface area contributed by atoms with Crippen LogP contribution in [0.1, 0.15) is 38.2 Å². The molecule has 1 heterocycles. The minimum atomic E-state index is 0.789. The van der Waals surface area contributed by atoms with Crippen molar-refractivity contribution in [3.05, 3.63) is 29.8 Å². The zero-order valence-electron chi connectivity index (χ0n) is 13.9. The van der Waals surface area contributed by atoms with E-state index >= 15 is 0 Å². The molecule has 1 saturated heterocycles. The molecule has 1 aromatic carbocycles. The number of likely N-dealkylation sites (tertiary alicyclic amines) is 1. The molecule has 1 unspecified atom stereocenters.